The summed E-state index contributed by atoms with van der Waals surface area (Å²) in [6.07, 6.45) is 0.904. The minimum Gasteiger partial charge on any atom is -0.341 e. The highest BCUT2D eigenvalue weighted by atomic mass is 35.5. The lowest BCUT2D eigenvalue weighted by Gasteiger charge is -2.19. The van der Waals surface area contributed by atoms with Crippen molar-refractivity contribution in [1.82, 2.24) is 9.62 Å². The molecule has 2 unspecified atom stereocenters. The molecule has 2 aliphatic heterocycles. The Labute approximate surface area is 147 Å². The van der Waals surface area contributed by atoms with E-state index in [0.717, 1.165) is 6.42 Å². The third-order valence-electron chi connectivity index (χ3n) is 4.27. The molecule has 7 nitrogen and oxygen atoms in total. The van der Waals surface area contributed by atoms with Crippen molar-refractivity contribution in [2.24, 2.45) is 16.6 Å². The molecular weight excluding hydrogens is 352 g/mol. The van der Waals surface area contributed by atoms with E-state index < -0.39 is 16.1 Å². The van der Waals surface area contributed by atoms with Crippen molar-refractivity contribution in [1.29, 1.82) is 0 Å². The molecule has 0 aliphatic carbocycles. The highest BCUT2D eigenvalue weighted by Crippen LogP contribution is 2.23. The van der Waals surface area contributed by atoms with Crippen LogP contribution in [0.25, 0.3) is 0 Å². The number of nitrogens with two attached hydrogens (primary N) is 1. The van der Waals surface area contributed by atoms with Crippen molar-refractivity contribution in [3.63, 3.8) is 0 Å². The SMILES string of the molecule is CC(N=C1NS(=O)(=O)c2ccccc21)C(=O)N1CCC(CN)C1.Cl. The van der Waals surface area contributed by atoms with Crippen molar-refractivity contribution in [2.75, 3.05) is 19.6 Å². The molecule has 1 aromatic carbocycles. The fraction of sp³-hybridized carbons (Fsp3) is 0.467. The van der Waals surface area contributed by atoms with E-state index in [4.69, 9.17) is 5.73 Å². The molecule has 0 bridgehead atoms. The summed E-state index contributed by atoms with van der Waals surface area (Å²) in [7, 11) is -3.58. The van der Waals surface area contributed by atoms with Crippen LogP contribution in [0.5, 0.6) is 0 Å². The van der Waals surface area contributed by atoms with E-state index in [-0.39, 0.29) is 29.0 Å². The van der Waals surface area contributed by atoms with Crippen molar-refractivity contribution in [3.8, 4) is 0 Å². The molecule has 132 valence electrons. The Morgan fingerprint density at radius 1 is 1.46 bits per heavy atom. The molecule has 0 spiro atoms. The maximum Gasteiger partial charge on any atom is 0.263 e. The zero-order valence-corrected chi connectivity index (χ0v) is 14.9. The first-order chi connectivity index (χ1) is 10.9. The van der Waals surface area contributed by atoms with Crippen molar-refractivity contribution >= 4 is 34.2 Å². The van der Waals surface area contributed by atoms with E-state index in [1.165, 1.54) is 6.07 Å². The van der Waals surface area contributed by atoms with E-state index in [9.17, 15) is 13.2 Å². The molecule has 0 saturated carbocycles. The number of aliphatic imine (C=N–C) groups is 1. The van der Waals surface area contributed by atoms with Gasteiger partial charge < -0.3 is 10.6 Å². The van der Waals surface area contributed by atoms with Gasteiger partial charge in [-0.15, -0.1) is 12.4 Å². The first kappa shape index (κ1) is 18.7. The van der Waals surface area contributed by atoms with Gasteiger partial charge in [0.15, 0.2) is 0 Å². The second-order valence-electron chi connectivity index (χ2n) is 5.93. The average molecular weight is 373 g/mol. The topological polar surface area (TPSA) is 105 Å². The molecule has 3 rings (SSSR count). The first-order valence-corrected chi connectivity index (χ1v) is 9.09. The number of hydrogen-bond donors (Lipinski definition) is 2. The zero-order chi connectivity index (χ0) is 16.6. The van der Waals surface area contributed by atoms with Crippen LogP contribution in [0.3, 0.4) is 0 Å². The lowest BCUT2D eigenvalue weighted by molar-refractivity contribution is -0.131. The molecule has 1 amide bonds. The number of likely N-dealkylation sites (tertiary alicyclic amines) is 1. The van der Waals surface area contributed by atoms with Crippen LogP contribution in [0.15, 0.2) is 34.2 Å². The highest BCUT2D eigenvalue weighted by Gasteiger charge is 2.33. The molecule has 9 heteroatoms. The highest BCUT2D eigenvalue weighted by molar-refractivity contribution is 7.90. The Balaban J connectivity index is 0.00000208. The first-order valence-electron chi connectivity index (χ1n) is 7.61. The van der Waals surface area contributed by atoms with Gasteiger partial charge in [0.1, 0.15) is 11.9 Å². The van der Waals surface area contributed by atoms with Crippen molar-refractivity contribution in [3.05, 3.63) is 29.8 Å². The van der Waals surface area contributed by atoms with Gasteiger partial charge in [0, 0.05) is 18.7 Å². The zero-order valence-electron chi connectivity index (χ0n) is 13.3. The quantitative estimate of drug-likeness (QED) is 0.798. The summed E-state index contributed by atoms with van der Waals surface area (Å²) in [5.74, 6) is 0.470. The van der Waals surface area contributed by atoms with Gasteiger partial charge in [0.25, 0.3) is 10.0 Å². The van der Waals surface area contributed by atoms with E-state index in [2.05, 4.69) is 9.71 Å². The number of sulfonamides is 1. The number of benzene rings is 1. The maximum atomic E-state index is 12.5. The van der Waals surface area contributed by atoms with E-state index in [1.807, 2.05) is 0 Å². The summed E-state index contributed by atoms with van der Waals surface area (Å²) in [5, 5.41) is 0. The summed E-state index contributed by atoms with van der Waals surface area (Å²) >= 11 is 0. The van der Waals surface area contributed by atoms with Gasteiger partial charge in [-0.2, -0.15) is 0 Å². The summed E-state index contributed by atoms with van der Waals surface area (Å²) in [6.45, 7) is 3.57. The number of rotatable bonds is 3. The smallest absolute Gasteiger partial charge is 0.263 e. The van der Waals surface area contributed by atoms with E-state index >= 15 is 0 Å². The molecule has 24 heavy (non-hydrogen) atoms. The van der Waals surface area contributed by atoms with E-state index in [1.54, 1.807) is 30.0 Å². The second kappa shape index (κ2) is 7.08. The maximum absolute atomic E-state index is 12.5. The van der Waals surface area contributed by atoms with Crippen LogP contribution < -0.4 is 10.5 Å². The van der Waals surface area contributed by atoms with Crippen molar-refractivity contribution < 1.29 is 13.2 Å². The van der Waals surface area contributed by atoms with Crippen molar-refractivity contribution in [2.45, 2.75) is 24.3 Å². The molecule has 3 N–H and O–H groups in total. The molecule has 2 heterocycles. The number of hydrogen-bond acceptors (Lipinski definition) is 5. The molecule has 1 saturated heterocycles. The van der Waals surface area contributed by atoms with Gasteiger partial charge >= 0.3 is 0 Å². The summed E-state index contributed by atoms with van der Waals surface area (Å²) in [4.78, 5) is 18.7. The van der Waals surface area contributed by atoms with Crippen LogP contribution >= 0.6 is 12.4 Å². The predicted molar refractivity (Wildman–Crippen MR) is 93.8 cm³/mol. The molecule has 0 radical (unpaired) electrons. The normalized spacial score (nSPS) is 24.2. The van der Waals surface area contributed by atoms with Crippen LogP contribution in [-0.2, 0) is 14.8 Å². The van der Waals surface area contributed by atoms with E-state index in [0.29, 0.717) is 31.1 Å². The Hall–Kier alpha value is -1.64. The Morgan fingerprint density at radius 2 is 2.17 bits per heavy atom. The fourth-order valence-electron chi connectivity index (χ4n) is 2.97. The Bertz CT molecular complexity index is 766. The fourth-order valence-corrected chi connectivity index (χ4v) is 4.21. The summed E-state index contributed by atoms with van der Waals surface area (Å²) in [5.41, 5.74) is 6.15. The Morgan fingerprint density at radius 3 is 2.83 bits per heavy atom. The number of amides is 1. The van der Waals surface area contributed by atoms with Gasteiger partial charge in [0.2, 0.25) is 5.91 Å². The van der Waals surface area contributed by atoms with Crippen LogP contribution in [-0.4, -0.2) is 50.7 Å². The van der Waals surface area contributed by atoms with Gasteiger partial charge in [-0.1, -0.05) is 12.1 Å². The number of carbonyl (C=O) groups excluding carboxylic acids is 1. The monoisotopic (exact) mass is 372 g/mol. The predicted octanol–water partition coefficient (Wildman–Crippen LogP) is 0.343. The van der Waals surface area contributed by atoms with Gasteiger partial charge in [0.05, 0.1) is 4.90 Å². The van der Waals surface area contributed by atoms with Crippen LogP contribution in [0.4, 0.5) is 0 Å². The molecule has 2 atom stereocenters. The van der Waals surface area contributed by atoms with Crippen LogP contribution in [0.1, 0.15) is 18.9 Å². The standard InChI is InChI=1S/C15H20N4O3S.ClH/c1-10(15(20)19-7-6-11(8-16)9-19)17-14-12-4-2-3-5-13(12)23(21,22)18-14;/h2-5,10-11H,6-9,16H2,1H3,(H,17,18);1H. The van der Waals surface area contributed by atoms with Gasteiger partial charge in [-0.25, -0.2) is 8.42 Å². The van der Waals surface area contributed by atoms with Crippen LogP contribution in [0, 0.1) is 5.92 Å². The summed E-state index contributed by atoms with van der Waals surface area (Å²) in [6, 6.07) is 5.97. The third-order valence-corrected chi connectivity index (χ3v) is 5.67. The number of nitrogens with zero attached hydrogens (tertiary/aromatic N) is 2. The molecule has 2 aliphatic rings. The largest absolute Gasteiger partial charge is 0.341 e. The number of halogens is 1. The number of nitrogens with one attached hydrogen (secondary N) is 1. The van der Waals surface area contributed by atoms with Gasteiger partial charge in [-0.3, -0.25) is 14.5 Å². The number of fused-ring (bicyclic) bond motifs is 1. The Kier molecular flexibility index (Phi) is 5.52. The lowest BCUT2D eigenvalue weighted by atomic mass is 10.1. The minimum absolute atomic E-state index is 0. The average Bonchev–Trinajstić information content (AvgIpc) is 3.10. The second-order valence-corrected chi connectivity index (χ2v) is 7.58. The molecular formula is C15H21ClN4O3S. The number of amidine groups is 1. The molecule has 1 aromatic rings. The summed E-state index contributed by atoms with van der Waals surface area (Å²) < 4.78 is 26.5. The third kappa shape index (κ3) is 3.40. The minimum atomic E-state index is -3.58. The van der Waals surface area contributed by atoms with Crippen LogP contribution in [0.2, 0.25) is 0 Å². The lowest BCUT2D eigenvalue weighted by Crippen LogP contribution is -2.37. The van der Waals surface area contributed by atoms with Gasteiger partial charge in [-0.05, 0) is 37.9 Å². The number of carbonyl (C=O) groups is 1. The molecule has 1 fully saturated rings. The molecule has 0 aromatic heterocycles.